The summed E-state index contributed by atoms with van der Waals surface area (Å²) >= 11 is 0. The molecule has 16 aromatic rings. The summed E-state index contributed by atoms with van der Waals surface area (Å²) in [6, 6.07) is 102. The van der Waals surface area contributed by atoms with Gasteiger partial charge in [0.1, 0.15) is 49.4 Å². The van der Waals surface area contributed by atoms with E-state index in [-0.39, 0.29) is 52.1 Å². The molecule has 0 spiro atoms. The van der Waals surface area contributed by atoms with E-state index in [1.807, 2.05) is 343 Å². The molecular weight excluding hydrogens is 1490 g/mol. The van der Waals surface area contributed by atoms with E-state index in [4.69, 9.17) is 99.7 Å². The summed E-state index contributed by atoms with van der Waals surface area (Å²) in [5, 5.41) is 40.0. The first-order valence-corrected chi connectivity index (χ1v) is 39.6. The molecule has 20 nitrogen and oxygen atoms in total. The Morgan fingerprint density at radius 1 is 0.192 bits per heavy atom. The maximum Gasteiger partial charge on any atom is 0.130 e. The third-order valence-electron chi connectivity index (χ3n) is 19.9. The molecule has 1 aliphatic rings. The van der Waals surface area contributed by atoms with Crippen molar-refractivity contribution < 1.29 is 18.9 Å². The van der Waals surface area contributed by atoms with Gasteiger partial charge in [0, 0.05) is 93.0 Å². The van der Waals surface area contributed by atoms with Crippen molar-refractivity contribution in [1.82, 2.24) is 39.9 Å². The van der Waals surface area contributed by atoms with Crippen LogP contribution in [0.5, 0.6) is 23.0 Å². The highest BCUT2D eigenvalue weighted by Gasteiger charge is 2.27. The molecule has 8 aromatic heterocycles. The minimum Gasteiger partial charge on any atom is -0.487 e. The molecule has 8 bridgehead atoms. The fourth-order valence-electron chi connectivity index (χ4n) is 14.4. The predicted molar refractivity (Wildman–Crippen MR) is 466 cm³/mol. The molecule has 0 atom stereocenters. The summed E-state index contributed by atoms with van der Waals surface area (Å²) in [5.41, 5.74) is 22.3. The van der Waals surface area contributed by atoms with Crippen LogP contribution in [0.2, 0.25) is 0 Å². The Morgan fingerprint density at radius 2 is 0.367 bits per heavy atom. The lowest BCUT2D eigenvalue weighted by Gasteiger charge is -2.24. The van der Waals surface area contributed by atoms with Gasteiger partial charge in [-0.3, -0.25) is 19.9 Å². The Balaban J connectivity index is 0.931. The smallest absolute Gasteiger partial charge is 0.130 e. The number of rotatable bonds is 24. The van der Waals surface area contributed by atoms with Gasteiger partial charge in [-0.05, 0) is 222 Å². The number of azo groups is 4. The molecule has 120 heavy (non-hydrogen) atoms. The third kappa shape index (κ3) is 19.6. The van der Waals surface area contributed by atoms with Gasteiger partial charge in [-0.25, -0.2) is 19.9 Å². The average molecular weight is 1570 g/mol. The second-order valence-corrected chi connectivity index (χ2v) is 29.1. The van der Waals surface area contributed by atoms with E-state index in [1.54, 1.807) is 0 Å². The molecule has 1 aliphatic carbocycles. The molecule has 0 saturated carbocycles. The Labute approximate surface area is 695 Å². The summed E-state index contributed by atoms with van der Waals surface area (Å²) < 4.78 is 30.1. The van der Waals surface area contributed by atoms with Crippen LogP contribution < -0.4 is 18.9 Å². The topological polar surface area (TPSA) is 239 Å². The summed E-state index contributed by atoms with van der Waals surface area (Å²) in [6.07, 6.45) is 0.631. The van der Waals surface area contributed by atoms with Crippen molar-refractivity contribution >= 4 is 45.5 Å². The maximum absolute atomic E-state index is 7.53. The van der Waals surface area contributed by atoms with Crippen molar-refractivity contribution in [2.75, 3.05) is 0 Å². The lowest BCUT2D eigenvalue weighted by molar-refractivity contribution is 0.289. The molecule has 8 heterocycles. The minimum atomic E-state index is 0.0318. The molecule has 0 fully saturated rings. The quantitative estimate of drug-likeness (QED) is 0.0513. The average Bonchev–Trinajstić information content (AvgIpc) is 0.750. The third-order valence-corrected chi connectivity index (χ3v) is 19.9. The summed E-state index contributed by atoms with van der Waals surface area (Å²) in [6.45, 7) is 8.01. The van der Waals surface area contributed by atoms with Crippen LogP contribution in [0.4, 0.5) is 45.5 Å². The van der Waals surface area contributed by atoms with E-state index < -0.39 is 0 Å². The van der Waals surface area contributed by atoms with Gasteiger partial charge in [-0.15, -0.1) is 0 Å². The van der Waals surface area contributed by atoms with E-state index >= 15 is 0 Å². The van der Waals surface area contributed by atoms with Crippen LogP contribution in [0.1, 0.15) is 90.1 Å². The van der Waals surface area contributed by atoms with Gasteiger partial charge < -0.3 is 18.9 Å². The monoisotopic (exact) mass is 1570 g/mol. The van der Waals surface area contributed by atoms with E-state index in [1.165, 1.54) is 0 Å². The van der Waals surface area contributed by atoms with Gasteiger partial charge in [0.25, 0.3) is 0 Å². The van der Waals surface area contributed by atoms with Crippen LogP contribution in [0.3, 0.4) is 0 Å². The molecule has 584 valence electrons. The van der Waals surface area contributed by atoms with Gasteiger partial charge in [0.2, 0.25) is 0 Å². The lowest BCUT2D eigenvalue weighted by atomic mass is 9.90. The second kappa shape index (κ2) is 36.6. The van der Waals surface area contributed by atoms with Gasteiger partial charge in [0.15, 0.2) is 0 Å². The lowest BCUT2D eigenvalue weighted by Crippen LogP contribution is -2.10. The van der Waals surface area contributed by atoms with Crippen molar-refractivity contribution in [2.45, 2.75) is 79.8 Å². The number of pyridine rings is 8. The van der Waals surface area contributed by atoms with E-state index in [2.05, 4.69) is 0 Å². The summed E-state index contributed by atoms with van der Waals surface area (Å²) in [7, 11) is 0. The number of hydrogen-bond acceptors (Lipinski definition) is 20. The van der Waals surface area contributed by atoms with Crippen LogP contribution >= 0.6 is 0 Å². The largest absolute Gasteiger partial charge is 0.487 e. The fourth-order valence-corrected chi connectivity index (χ4v) is 14.4. The van der Waals surface area contributed by atoms with Crippen molar-refractivity contribution in [3.05, 3.63) is 406 Å². The number of aromatic nitrogens is 8. The predicted octanol–water partition coefficient (Wildman–Crippen LogP) is 25.4. The van der Waals surface area contributed by atoms with Gasteiger partial charge in [-0.2, -0.15) is 40.9 Å². The van der Waals surface area contributed by atoms with Gasteiger partial charge in [0.05, 0.1) is 114 Å². The molecule has 20 heteroatoms. The highest BCUT2D eigenvalue weighted by Crippen LogP contribution is 2.46. The van der Waals surface area contributed by atoms with Crippen molar-refractivity contribution in [3.8, 4) is 68.5 Å². The van der Waals surface area contributed by atoms with Crippen molar-refractivity contribution in [2.24, 2.45) is 40.9 Å². The zero-order valence-electron chi connectivity index (χ0n) is 66.5. The minimum absolute atomic E-state index is 0.0318. The number of benzene rings is 8. The normalized spacial score (nSPS) is 12.0. The van der Waals surface area contributed by atoms with Crippen LogP contribution in [0.25, 0.3) is 45.6 Å². The molecule has 0 N–H and O–H groups in total. The van der Waals surface area contributed by atoms with Crippen LogP contribution in [0, 0.1) is 27.7 Å². The Bertz CT molecular complexity index is 5630. The van der Waals surface area contributed by atoms with E-state index in [0.29, 0.717) is 114 Å². The van der Waals surface area contributed by atoms with Crippen LogP contribution in [-0.2, 0) is 52.1 Å². The molecule has 0 aliphatic heterocycles. The Hall–Kier alpha value is -15.4. The van der Waals surface area contributed by atoms with E-state index in [9.17, 15) is 0 Å². The van der Waals surface area contributed by atoms with Crippen molar-refractivity contribution in [3.63, 3.8) is 0 Å². The highest BCUT2D eigenvalue weighted by atomic mass is 16.5. The highest BCUT2D eigenvalue weighted by molar-refractivity contribution is 5.67. The van der Waals surface area contributed by atoms with E-state index in [0.717, 1.165) is 90.1 Å². The first-order chi connectivity index (χ1) is 59.0. The number of fused-ring (bicyclic) bond motifs is 8. The molecular formula is C100H80N16O4. The van der Waals surface area contributed by atoms with Gasteiger partial charge in [-0.1, -0.05) is 121 Å². The molecule has 17 rings (SSSR count). The summed E-state index contributed by atoms with van der Waals surface area (Å²) in [5.74, 6) is 2.16. The maximum atomic E-state index is 7.53. The Kier molecular flexibility index (Phi) is 23.5. The second-order valence-electron chi connectivity index (χ2n) is 29.1. The molecule has 0 radical (unpaired) electrons. The number of ether oxygens (including phenoxy) is 4. The first-order valence-electron chi connectivity index (χ1n) is 39.6. The number of aryl methyl sites for hydroxylation is 4. The fraction of sp³-hybridized carbons (Fsp3) is 0.120. The van der Waals surface area contributed by atoms with Gasteiger partial charge >= 0.3 is 0 Å². The zero-order chi connectivity index (χ0) is 81.4. The Morgan fingerprint density at radius 3 is 0.558 bits per heavy atom. The van der Waals surface area contributed by atoms with Crippen LogP contribution in [0.15, 0.2) is 356 Å². The molecule has 0 saturated heterocycles. The summed E-state index contributed by atoms with van der Waals surface area (Å²) in [4.78, 5) is 40.4. The standard InChI is InChI=1S/C100H80N16O4/c1-65-25-17-41-89(101-65)93-45-21-37-81(105-93)61-117-97-69-49-71-55-86(114-110-78-31-11-6-12-32-78)57-73(98(71)118-62-82-38-22-46-94(106-82)90-42-18-26-66(2)102-90)51-75-59-88(116-112-80-35-15-8-16-36-80)60-76(100(75)120-64-84-40-24-48-96(108-84)92-44-20-28-68(4)104-92)52-74-58-87(115-111-79-33-13-7-14-34-79)56-72(50-70(97)54-85(53-69)113-109-77-29-9-5-10-30-77)99(74)119-63-83-39-23-47-95(107-83)91-43-19-27-67(3)103-91/h5-48,53-60H,49-52,61-64H2,1-4H3. The molecule has 8 aromatic carbocycles. The van der Waals surface area contributed by atoms with Crippen LogP contribution in [-0.4, -0.2) is 39.9 Å². The first kappa shape index (κ1) is 77.2. The molecule has 0 amide bonds. The zero-order valence-corrected chi connectivity index (χ0v) is 66.5. The SMILES string of the molecule is Cc1cccc(-c2cccc(COc3c4cc(N=Nc5ccccc5)cc3Cc3cc(N=Nc5ccccc5)cc(c3OCc3cccc(-c5cccc(C)n5)n3)Cc3cc(N=Nc5ccccc5)cc(c3OCc3cccc(-c5cccc(C)n5)n3)Cc3cc(N=Nc5ccccc5)cc(c3OCc3cccc(-c5cccc(C)n5)n3)C4)n2)n1. The number of nitrogens with zero attached hydrogens (tertiary/aromatic N) is 16. The number of hydrogen-bond donors (Lipinski definition) is 0. The molecule has 0 unspecified atom stereocenters. The van der Waals surface area contributed by atoms with Crippen molar-refractivity contribution in [1.29, 1.82) is 0 Å².